The molecule has 0 spiro atoms. The Labute approximate surface area is 175 Å². The number of halogens is 3. The van der Waals surface area contributed by atoms with E-state index in [1.807, 2.05) is 0 Å². The van der Waals surface area contributed by atoms with Crippen molar-refractivity contribution in [2.75, 3.05) is 16.0 Å². The molecule has 0 unspecified atom stereocenters. The largest absolute Gasteiger partial charge is 0.456 e. The zero-order valence-corrected chi connectivity index (χ0v) is 16.2. The van der Waals surface area contributed by atoms with Crippen LogP contribution in [0.5, 0.6) is 11.5 Å². The Morgan fingerprint density at radius 3 is 2.16 bits per heavy atom. The van der Waals surface area contributed by atoms with E-state index < -0.39 is 17.8 Å². The van der Waals surface area contributed by atoms with Gasteiger partial charge in [-0.3, -0.25) is 4.79 Å². The zero-order valence-electron chi connectivity index (χ0n) is 16.2. The fourth-order valence-electron chi connectivity index (χ4n) is 2.50. The van der Waals surface area contributed by atoms with E-state index in [1.54, 1.807) is 36.4 Å². The number of carbonyl (C=O) groups is 2. The van der Waals surface area contributed by atoms with Gasteiger partial charge in [-0.15, -0.1) is 0 Å². The van der Waals surface area contributed by atoms with Crippen molar-refractivity contribution in [3.05, 3.63) is 72.4 Å². The van der Waals surface area contributed by atoms with Gasteiger partial charge in [-0.05, 0) is 54.6 Å². The van der Waals surface area contributed by atoms with Crippen molar-refractivity contribution in [1.82, 2.24) is 4.98 Å². The Morgan fingerprint density at radius 2 is 1.55 bits per heavy atom. The number of hydrogen-bond donors (Lipinski definition) is 3. The van der Waals surface area contributed by atoms with Crippen molar-refractivity contribution in [2.45, 2.75) is 13.1 Å². The number of rotatable bonds is 5. The lowest BCUT2D eigenvalue weighted by molar-refractivity contribution is -0.137. The van der Waals surface area contributed by atoms with E-state index in [4.69, 9.17) is 4.74 Å². The molecule has 1 heterocycles. The summed E-state index contributed by atoms with van der Waals surface area (Å²) in [4.78, 5) is 27.1. The first kappa shape index (κ1) is 21.6. The van der Waals surface area contributed by atoms with E-state index in [0.717, 1.165) is 12.1 Å². The van der Waals surface area contributed by atoms with E-state index in [1.165, 1.54) is 25.3 Å². The second kappa shape index (κ2) is 9.16. The molecular weight excluding hydrogens is 413 g/mol. The van der Waals surface area contributed by atoms with Crippen LogP contribution in [-0.2, 0) is 11.0 Å². The average molecular weight is 430 g/mol. The van der Waals surface area contributed by atoms with E-state index in [0.29, 0.717) is 23.0 Å². The van der Waals surface area contributed by atoms with E-state index in [9.17, 15) is 22.8 Å². The standard InChI is InChI=1S/C21H17F3N4O3/c1-13(29)26-19-10-9-18(12-25-19)31-17-7-5-15(6-8-17)27-20(30)28-16-4-2-3-14(11-16)21(22,23)24/h2-12H,1H3,(H,25,26,29)(H2,27,28,30). The van der Waals surface area contributed by atoms with Gasteiger partial charge in [0.2, 0.25) is 5.91 Å². The fourth-order valence-corrected chi connectivity index (χ4v) is 2.50. The number of nitrogens with one attached hydrogen (secondary N) is 3. The molecule has 3 amide bonds. The molecular formula is C21H17F3N4O3. The predicted molar refractivity (Wildman–Crippen MR) is 109 cm³/mol. The highest BCUT2D eigenvalue weighted by Crippen LogP contribution is 2.30. The van der Waals surface area contributed by atoms with Gasteiger partial charge in [-0.25, -0.2) is 9.78 Å². The van der Waals surface area contributed by atoms with Gasteiger partial charge in [-0.2, -0.15) is 13.2 Å². The molecule has 3 rings (SSSR count). The van der Waals surface area contributed by atoms with Crippen molar-refractivity contribution >= 4 is 29.1 Å². The molecule has 3 N–H and O–H groups in total. The summed E-state index contributed by atoms with van der Waals surface area (Å²) in [6, 6.07) is 13.2. The summed E-state index contributed by atoms with van der Waals surface area (Å²) < 4.78 is 43.9. The van der Waals surface area contributed by atoms with Crippen LogP contribution in [-0.4, -0.2) is 16.9 Å². The number of urea groups is 1. The van der Waals surface area contributed by atoms with Crippen molar-refractivity contribution in [3.8, 4) is 11.5 Å². The van der Waals surface area contributed by atoms with Crippen molar-refractivity contribution in [3.63, 3.8) is 0 Å². The highest BCUT2D eigenvalue weighted by atomic mass is 19.4. The van der Waals surface area contributed by atoms with Crippen LogP contribution in [0.2, 0.25) is 0 Å². The minimum absolute atomic E-state index is 0.0162. The van der Waals surface area contributed by atoms with Crippen LogP contribution in [0.4, 0.5) is 35.2 Å². The Balaban J connectivity index is 1.56. The van der Waals surface area contributed by atoms with Gasteiger partial charge in [0.1, 0.15) is 17.3 Å². The molecule has 0 aliphatic rings. The Morgan fingerprint density at radius 1 is 0.871 bits per heavy atom. The summed E-state index contributed by atoms with van der Waals surface area (Å²) >= 11 is 0. The molecule has 0 saturated carbocycles. The highest BCUT2D eigenvalue weighted by molar-refractivity contribution is 5.99. The Kier molecular flexibility index (Phi) is 6.39. The van der Waals surface area contributed by atoms with Gasteiger partial charge >= 0.3 is 12.2 Å². The average Bonchev–Trinajstić information content (AvgIpc) is 2.70. The first-order valence-corrected chi connectivity index (χ1v) is 8.96. The molecule has 160 valence electrons. The van der Waals surface area contributed by atoms with Crippen molar-refractivity contribution in [2.24, 2.45) is 0 Å². The number of carbonyl (C=O) groups excluding carboxylic acids is 2. The lowest BCUT2D eigenvalue weighted by atomic mass is 10.2. The monoisotopic (exact) mass is 430 g/mol. The number of benzene rings is 2. The molecule has 0 atom stereocenters. The topological polar surface area (TPSA) is 92.4 Å². The van der Waals surface area contributed by atoms with Crippen LogP contribution in [0.1, 0.15) is 12.5 Å². The summed E-state index contributed by atoms with van der Waals surface area (Å²) in [5.41, 5.74) is -0.426. The molecule has 7 nitrogen and oxygen atoms in total. The van der Waals surface area contributed by atoms with Gasteiger partial charge in [0.25, 0.3) is 0 Å². The maximum Gasteiger partial charge on any atom is 0.416 e. The number of amides is 3. The van der Waals surface area contributed by atoms with Gasteiger partial charge in [0.05, 0.1) is 11.8 Å². The van der Waals surface area contributed by atoms with E-state index in [-0.39, 0.29) is 11.6 Å². The van der Waals surface area contributed by atoms with Gasteiger partial charge < -0.3 is 20.7 Å². The third kappa shape index (κ3) is 6.46. The molecule has 0 bridgehead atoms. The van der Waals surface area contributed by atoms with Crippen LogP contribution in [0, 0.1) is 0 Å². The van der Waals surface area contributed by atoms with Crippen LogP contribution in [0.15, 0.2) is 66.9 Å². The second-order valence-corrected chi connectivity index (χ2v) is 6.34. The number of hydrogen-bond acceptors (Lipinski definition) is 4. The van der Waals surface area contributed by atoms with Crippen molar-refractivity contribution < 1.29 is 27.5 Å². The van der Waals surface area contributed by atoms with Crippen LogP contribution in [0.25, 0.3) is 0 Å². The highest BCUT2D eigenvalue weighted by Gasteiger charge is 2.30. The maximum atomic E-state index is 12.8. The quantitative estimate of drug-likeness (QED) is 0.499. The zero-order chi connectivity index (χ0) is 22.4. The summed E-state index contributed by atoms with van der Waals surface area (Å²) in [6.45, 7) is 1.38. The maximum absolute atomic E-state index is 12.8. The second-order valence-electron chi connectivity index (χ2n) is 6.34. The van der Waals surface area contributed by atoms with Crippen LogP contribution < -0.4 is 20.7 Å². The molecule has 0 aliphatic carbocycles. The van der Waals surface area contributed by atoms with E-state index in [2.05, 4.69) is 20.9 Å². The molecule has 31 heavy (non-hydrogen) atoms. The molecule has 3 aromatic rings. The third-order valence-electron chi connectivity index (χ3n) is 3.84. The smallest absolute Gasteiger partial charge is 0.416 e. The van der Waals surface area contributed by atoms with Gasteiger partial charge in [-0.1, -0.05) is 6.07 Å². The lowest BCUT2D eigenvalue weighted by Crippen LogP contribution is -2.19. The minimum Gasteiger partial charge on any atom is -0.456 e. The normalized spacial score (nSPS) is 10.8. The summed E-state index contributed by atoms with van der Waals surface area (Å²) in [5.74, 6) is 1.07. The number of ether oxygens (including phenoxy) is 1. The number of aromatic nitrogens is 1. The number of nitrogens with zero attached hydrogens (tertiary/aromatic N) is 1. The molecule has 0 aliphatic heterocycles. The molecule has 10 heteroatoms. The minimum atomic E-state index is -4.50. The lowest BCUT2D eigenvalue weighted by Gasteiger charge is -2.11. The predicted octanol–water partition coefficient (Wildman–Crippen LogP) is 5.50. The van der Waals surface area contributed by atoms with Crippen molar-refractivity contribution in [1.29, 1.82) is 0 Å². The first-order valence-electron chi connectivity index (χ1n) is 8.96. The number of alkyl halides is 3. The van der Waals surface area contributed by atoms with Crippen LogP contribution in [0.3, 0.4) is 0 Å². The SMILES string of the molecule is CC(=O)Nc1ccc(Oc2ccc(NC(=O)Nc3cccc(C(F)(F)F)c3)cc2)cn1. The van der Waals surface area contributed by atoms with Gasteiger partial charge in [0, 0.05) is 18.3 Å². The molecule has 0 saturated heterocycles. The number of anilines is 3. The molecule has 2 aromatic carbocycles. The molecule has 0 fully saturated rings. The number of pyridine rings is 1. The Bertz CT molecular complexity index is 1070. The Hall–Kier alpha value is -4.08. The summed E-state index contributed by atoms with van der Waals surface area (Å²) in [6.07, 6.45) is -3.05. The van der Waals surface area contributed by atoms with Crippen LogP contribution >= 0.6 is 0 Å². The molecule has 1 aromatic heterocycles. The fraction of sp³-hybridized carbons (Fsp3) is 0.0952. The molecule has 0 radical (unpaired) electrons. The summed E-state index contributed by atoms with van der Waals surface area (Å²) in [5, 5.41) is 7.42. The summed E-state index contributed by atoms with van der Waals surface area (Å²) in [7, 11) is 0. The van der Waals surface area contributed by atoms with E-state index >= 15 is 0 Å². The van der Waals surface area contributed by atoms with Gasteiger partial charge in [0.15, 0.2) is 0 Å². The third-order valence-corrected chi connectivity index (χ3v) is 3.84. The first-order chi connectivity index (χ1) is 14.7.